The van der Waals surface area contributed by atoms with Crippen molar-refractivity contribution in [1.29, 1.82) is 0 Å². The third-order valence-corrected chi connectivity index (χ3v) is 5.10. The van der Waals surface area contributed by atoms with Gasteiger partial charge in [-0.05, 0) is 38.3 Å². The van der Waals surface area contributed by atoms with Gasteiger partial charge >= 0.3 is 0 Å². The third-order valence-electron chi connectivity index (χ3n) is 5.10. The Morgan fingerprint density at radius 3 is 3.07 bits per heavy atom. The van der Waals surface area contributed by atoms with E-state index in [1.165, 1.54) is 0 Å². The second-order valence-corrected chi connectivity index (χ2v) is 7.14. The van der Waals surface area contributed by atoms with E-state index >= 15 is 0 Å². The average Bonchev–Trinajstić information content (AvgIpc) is 2.94. The van der Waals surface area contributed by atoms with Gasteiger partial charge in [0.1, 0.15) is 17.7 Å². The minimum atomic E-state index is -0.265. The van der Waals surface area contributed by atoms with Crippen LogP contribution in [0.3, 0.4) is 0 Å². The molecule has 0 aliphatic carbocycles. The van der Waals surface area contributed by atoms with Gasteiger partial charge in [-0.15, -0.1) is 10.2 Å². The molecular formula is C19H25N5O3. The minimum absolute atomic E-state index is 0.147. The standard InChI is InChI=1S/C19H25N5O3/c1-13-6-7-14(11-20-13)27-16-12-26-10-8-15(16)21-19(25)18-23-22-17-5-3-2-4-9-24(17)18/h6-7,11,15-16H,2-5,8-10,12H2,1H3,(H,21,25)/t15-,16+/m1/s1. The average molecular weight is 371 g/mol. The van der Waals surface area contributed by atoms with Gasteiger partial charge in [-0.2, -0.15) is 0 Å². The van der Waals surface area contributed by atoms with Gasteiger partial charge in [0.15, 0.2) is 0 Å². The molecule has 2 atom stereocenters. The highest BCUT2D eigenvalue weighted by Crippen LogP contribution is 2.19. The van der Waals surface area contributed by atoms with Crippen molar-refractivity contribution >= 4 is 5.91 Å². The number of rotatable bonds is 4. The van der Waals surface area contributed by atoms with Crippen LogP contribution in [0.5, 0.6) is 5.75 Å². The first-order chi connectivity index (χ1) is 13.2. The highest BCUT2D eigenvalue weighted by atomic mass is 16.5. The zero-order chi connectivity index (χ0) is 18.6. The molecule has 0 saturated carbocycles. The van der Waals surface area contributed by atoms with E-state index in [0.717, 1.165) is 43.7 Å². The Morgan fingerprint density at radius 1 is 1.30 bits per heavy atom. The van der Waals surface area contributed by atoms with E-state index in [1.54, 1.807) is 6.20 Å². The predicted molar refractivity (Wildman–Crippen MR) is 97.7 cm³/mol. The Morgan fingerprint density at radius 2 is 2.22 bits per heavy atom. The van der Waals surface area contributed by atoms with Crippen LogP contribution in [0.4, 0.5) is 0 Å². The van der Waals surface area contributed by atoms with E-state index in [1.807, 2.05) is 23.6 Å². The summed E-state index contributed by atoms with van der Waals surface area (Å²) in [6, 6.07) is 3.64. The number of pyridine rings is 1. The number of nitrogens with one attached hydrogen (secondary N) is 1. The lowest BCUT2D eigenvalue weighted by Crippen LogP contribution is -2.51. The number of carbonyl (C=O) groups excluding carboxylic acids is 1. The maximum absolute atomic E-state index is 12.9. The van der Waals surface area contributed by atoms with E-state index in [9.17, 15) is 4.79 Å². The van der Waals surface area contributed by atoms with E-state index in [4.69, 9.17) is 9.47 Å². The summed E-state index contributed by atoms with van der Waals surface area (Å²) < 4.78 is 13.5. The fourth-order valence-corrected chi connectivity index (χ4v) is 3.58. The number of amides is 1. The molecule has 8 nitrogen and oxygen atoms in total. The van der Waals surface area contributed by atoms with E-state index < -0.39 is 0 Å². The van der Waals surface area contributed by atoms with Crippen LogP contribution in [-0.4, -0.2) is 51.0 Å². The smallest absolute Gasteiger partial charge is 0.289 e. The van der Waals surface area contributed by atoms with Crippen molar-refractivity contribution in [3.05, 3.63) is 35.7 Å². The Bertz CT molecular complexity index is 789. The lowest BCUT2D eigenvalue weighted by atomic mass is 10.1. The quantitative estimate of drug-likeness (QED) is 0.879. The molecular weight excluding hydrogens is 346 g/mol. The maximum Gasteiger partial charge on any atom is 0.289 e. The molecule has 0 radical (unpaired) electrons. The monoisotopic (exact) mass is 371 g/mol. The lowest BCUT2D eigenvalue weighted by molar-refractivity contribution is -0.0137. The summed E-state index contributed by atoms with van der Waals surface area (Å²) in [5.41, 5.74) is 0.930. The van der Waals surface area contributed by atoms with E-state index in [2.05, 4.69) is 20.5 Å². The fraction of sp³-hybridized carbons (Fsp3) is 0.579. The molecule has 1 N–H and O–H groups in total. The first-order valence-electron chi connectivity index (χ1n) is 9.61. The number of carbonyl (C=O) groups is 1. The van der Waals surface area contributed by atoms with Gasteiger partial charge in [-0.1, -0.05) is 6.42 Å². The van der Waals surface area contributed by atoms with Crippen LogP contribution in [0.2, 0.25) is 0 Å². The number of hydrogen-bond donors (Lipinski definition) is 1. The summed E-state index contributed by atoms with van der Waals surface area (Å²) in [6.45, 7) is 3.75. The minimum Gasteiger partial charge on any atom is -0.484 e. The van der Waals surface area contributed by atoms with Crippen LogP contribution in [-0.2, 0) is 17.7 Å². The van der Waals surface area contributed by atoms with Crippen molar-refractivity contribution in [2.45, 2.75) is 57.7 Å². The summed E-state index contributed by atoms with van der Waals surface area (Å²) in [6.07, 6.45) is 6.31. The maximum atomic E-state index is 12.9. The van der Waals surface area contributed by atoms with Gasteiger partial charge in [0.25, 0.3) is 5.91 Å². The Labute approximate surface area is 158 Å². The second kappa shape index (κ2) is 8.04. The van der Waals surface area contributed by atoms with Crippen LogP contribution in [0.1, 0.15) is 47.8 Å². The van der Waals surface area contributed by atoms with Crippen molar-refractivity contribution < 1.29 is 14.3 Å². The third kappa shape index (κ3) is 4.10. The number of fused-ring (bicyclic) bond motifs is 1. The molecule has 2 aliphatic rings. The molecule has 0 unspecified atom stereocenters. The zero-order valence-electron chi connectivity index (χ0n) is 15.6. The van der Waals surface area contributed by atoms with Gasteiger partial charge in [-0.25, -0.2) is 0 Å². The number of aromatic nitrogens is 4. The first-order valence-corrected chi connectivity index (χ1v) is 9.61. The topological polar surface area (TPSA) is 91.2 Å². The van der Waals surface area contributed by atoms with Gasteiger partial charge in [-0.3, -0.25) is 9.78 Å². The van der Waals surface area contributed by atoms with Crippen LogP contribution < -0.4 is 10.1 Å². The molecule has 4 rings (SSSR count). The molecule has 0 aromatic carbocycles. The summed E-state index contributed by atoms with van der Waals surface area (Å²) in [4.78, 5) is 17.1. The zero-order valence-corrected chi connectivity index (χ0v) is 15.6. The predicted octanol–water partition coefficient (Wildman–Crippen LogP) is 1.67. The molecule has 1 fully saturated rings. The largest absolute Gasteiger partial charge is 0.484 e. The molecule has 27 heavy (non-hydrogen) atoms. The molecule has 4 heterocycles. The normalized spacial score (nSPS) is 22.6. The Hall–Kier alpha value is -2.48. The van der Waals surface area contributed by atoms with Gasteiger partial charge in [0, 0.05) is 25.3 Å². The fourth-order valence-electron chi connectivity index (χ4n) is 3.58. The molecule has 2 aromatic heterocycles. The molecule has 8 heteroatoms. The molecule has 0 spiro atoms. The van der Waals surface area contributed by atoms with E-state index in [0.29, 0.717) is 31.2 Å². The molecule has 1 amide bonds. The molecule has 144 valence electrons. The van der Waals surface area contributed by atoms with Crippen molar-refractivity contribution in [3.8, 4) is 5.75 Å². The Balaban J connectivity index is 1.45. The van der Waals surface area contributed by atoms with Gasteiger partial charge in [0.2, 0.25) is 5.82 Å². The highest BCUT2D eigenvalue weighted by molar-refractivity contribution is 5.91. The Kier molecular flexibility index (Phi) is 5.33. The SMILES string of the molecule is Cc1ccc(O[C@H]2COCC[C@H]2NC(=O)c2nnc3n2CCCCC3)cn1. The van der Waals surface area contributed by atoms with Gasteiger partial charge in [0.05, 0.1) is 18.8 Å². The number of nitrogens with zero attached hydrogens (tertiary/aromatic N) is 4. The lowest BCUT2D eigenvalue weighted by Gasteiger charge is -2.32. The van der Waals surface area contributed by atoms with Crippen LogP contribution in [0, 0.1) is 6.92 Å². The van der Waals surface area contributed by atoms with Crippen molar-refractivity contribution in [2.24, 2.45) is 0 Å². The summed E-state index contributed by atoms with van der Waals surface area (Å²) in [5.74, 6) is 1.78. The van der Waals surface area contributed by atoms with Crippen molar-refractivity contribution in [3.63, 3.8) is 0 Å². The van der Waals surface area contributed by atoms with Crippen LogP contribution >= 0.6 is 0 Å². The number of ether oxygens (including phenoxy) is 2. The molecule has 2 aromatic rings. The number of aryl methyl sites for hydroxylation is 2. The molecule has 1 saturated heterocycles. The number of hydrogen-bond acceptors (Lipinski definition) is 6. The van der Waals surface area contributed by atoms with Crippen molar-refractivity contribution in [1.82, 2.24) is 25.1 Å². The van der Waals surface area contributed by atoms with Crippen LogP contribution in [0.25, 0.3) is 0 Å². The van der Waals surface area contributed by atoms with Gasteiger partial charge < -0.3 is 19.4 Å². The summed E-state index contributed by atoms with van der Waals surface area (Å²) in [5, 5.41) is 11.4. The van der Waals surface area contributed by atoms with Crippen molar-refractivity contribution in [2.75, 3.05) is 13.2 Å². The molecule has 2 aliphatic heterocycles. The summed E-state index contributed by atoms with van der Waals surface area (Å²) in [7, 11) is 0. The first kappa shape index (κ1) is 17.9. The van der Waals surface area contributed by atoms with E-state index in [-0.39, 0.29) is 18.1 Å². The highest BCUT2D eigenvalue weighted by Gasteiger charge is 2.31. The summed E-state index contributed by atoms with van der Waals surface area (Å²) >= 11 is 0. The molecule has 0 bridgehead atoms. The second-order valence-electron chi connectivity index (χ2n) is 7.14. The van der Waals surface area contributed by atoms with Crippen LogP contribution in [0.15, 0.2) is 18.3 Å².